The summed E-state index contributed by atoms with van der Waals surface area (Å²) in [7, 11) is 0. The van der Waals surface area contributed by atoms with Gasteiger partial charge in [-0.15, -0.1) is 0 Å². The minimum absolute atomic E-state index is 0.0291. The lowest BCUT2D eigenvalue weighted by Crippen LogP contribution is -2.40. The first-order valence-corrected chi connectivity index (χ1v) is 8.48. The molecule has 0 amide bonds. The topological polar surface area (TPSA) is 51.5 Å². The van der Waals surface area contributed by atoms with Crippen molar-refractivity contribution < 1.29 is 14.6 Å². The zero-order chi connectivity index (χ0) is 17.5. The fourth-order valence-electron chi connectivity index (χ4n) is 3.75. The van der Waals surface area contributed by atoms with E-state index in [0.29, 0.717) is 12.1 Å². The molecule has 3 rings (SSSR count). The maximum absolute atomic E-state index is 11.7. The molecule has 0 radical (unpaired) electrons. The summed E-state index contributed by atoms with van der Waals surface area (Å²) in [6.07, 6.45) is 0.850. The highest BCUT2D eigenvalue weighted by Crippen LogP contribution is 2.38. The first-order valence-electron chi connectivity index (χ1n) is 8.48. The Kier molecular flexibility index (Phi) is 4.26. The van der Waals surface area contributed by atoms with Crippen LogP contribution in [0.4, 0.5) is 0 Å². The van der Waals surface area contributed by atoms with Crippen molar-refractivity contribution in [3.05, 3.63) is 58.9 Å². The van der Waals surface area contributed by atoms with Crippen LogP contribution >= 0.6 is 0 Å². The average Bonchev–Trinajstić information content (AvgIpc) is 2.88. The molecule has 2 aromatic rings. The van der Waals surface area contributed by atoms with E-state index in [9.17, 15) is 9.90 Å². The molecule has 0 spiro atoms. The number of aromatic carboxylic acids is 1. The first-order chi connectivity index (χ1) is 11.3. The van der Waals surface area contributed by atoms with Gasteiger partial charge in [-0.05, 0) is 31.4 Å². The predicted octanol–water partition coefficient (Wildman–Crippen LogP) is 4.19. The van der Waals surface area contributed by atoms with Crippen molar-refractivity contribution in [3.8, 4) is 0 Å². The quantitative estimate of drug-likeness (QED) is 0.916. The van der Waals surface area contributed by atoms with Gasteiger partial charge in [0.25, 0.3) is 0 Å². The molecule has 0 fully saturated rings. The van der Waals surface area contributed by atoms with Gasteiger partial charge < -0.3 is 14.4 Å². The Hall–Kier alpha value is -2.07. The molecule has 1 aliphatic heterocycles. The third-order valence-electron chi connectivity index (χ3n) is 4.69. The van der Waals surface area contributed by atoms with E-state index >= 15 is 0 Å². The van der Waals surface area contributed by atoms with Gasteiger partial charge in [0.15, 0.2) is 0 Å². The molecule has 24 heavy (non-hydrogen) atoms. The number of nitrogens with zero attached hydrogens (tertiary/aromatic N) is 1. The predicted molar refractivity (Wildman–Crippen MR) is 93.5 cm³/mol. The van der Waals surface area contributed by atoms with E-state index in [1.807, 2.05) is 45.9 Å². The van der Waals surface area contributed by atoms with Crippen molar-refractivity contribution in [2.24, 2.45) is 0 Å². The van der Waals surface area contributed by atoms with Gasteiger partial charge in [-0.3, -0.25) is 0 Å². The van der Waals surface area contributed by atoms with Crippen LogP contribution in [0.5, 0.6) is 0 Å². The second-order valence-corrected chi connectivity index (χ2v) is 7.34. The second kappa shape index (κ2) is 6.10. The normalized spacial score (nSPS) is 19.3. The maximum Gasteiger partial charge on any atom is 0.337 e. The zero-order valence-electron chi connectivity index (χ0n) is 14.7. The van der Waals surface area contributed by atoms with Gasteiger partial charge in [0.1, 0.15) is 5.60 Å². The lowest BCUT2D eigenvalue weighted by atomic mass is 9.99. The number of carboxylic acids is 1. The van der Waals surface area contributed by atoms with Crippen LogP contribution in [0.3, 0.4) is 0 Å². The van der Waals surface area contributed by atoms with Crippen molar-refractivity contribution in [3.63, 3.8) is 0 Å². The molecule has 1 unspecified atom stereocenters. The van der Waals surface area contributed by atoms with Crippen LogP contribution in [0, 0.1) is 0 Å². The summed E-state index contributed by atoms with van der Waals surface area (Å²) in [5.41, 5.74) is 2.98. The van der Waals surface area contributed by atoms with Crippen molar-refractivity contribution in [2.75, 3.05) is 0 Å². The molecule has 1 aromatic carbocycles. The lowest BCUT2D eigenvalue weighted by Gasteiger charge is -2.39. The van der Waals surface area contributed by atoms with E-state index in [2.05, 4.69) is 16.7 Å². The van der Waals surface area contributed by atoms with Crippen LogP contribution in [-0.4, -0.2) is 21.7 Å². The number of aromatic nitrogens is 1. The standard InChI is InChI=1S/C20H25NO3/c1-13(2)18-16(19(22)23)11-17-20(3,4)24-15(12-21(17)18)10-14-8-6-5-7-9-14/h5-9,11,13,15H,10,12H2,1-4H3,(H,22,23). The largest absolute Gasteiger partial charge is 0.478 e. The number of rotatable bonds is 4. The summed E-state index contributed by atoms with van der Waals surface area (Å²) in [6.45, 7) is 8.82. The molecule has 1 aromatic heterocycles. The van der Waals surface area contributed by atoms with Gasteiger partial charge >= 0.3 is 5.97 Å². The molecule has 4 nitrogen and oxygen atoms in total. The number of hydrogen-bond acceptors (Lipinski definition) is 2. The fourth-order valence-corrected chi connectivity index (χ4v) is 3.75. The summed E-state index contributed by atoms with van der Waals surface area (Å²) in [5.74, 6) is -0.716. The van der Waals surface area contributed by atoms with Gasteiger partial charge in [-0.2, -0.15) is 0 Å². The molecule has 0 saturated carbocycles. The summed E-state index contributed by atoms with van der Waals surface area (Å²) < 4.78 is 8.49. The number of benzene rings is 1. The molecular weight excluding hydrogens is 302 g/mol. The van der Waals surface area contributed by atoms with Gasteiger partial charge in [-0.25, -0.2) is 4.79 Å². The van der Waals surface area contributed by atoms with E-state index in [0.717, 1.165) is 17.8 Å². The molecule has 128 valence electrons. The fraction of sp³-hybridized carbons (Fsp3) is 0.450. The van der Waals surface area contributed by atoms with Crippen LogP contribution in [0.15, 0.2) is 36.4 Å². The zero-order valence-corrected chi connectivity index (χ0v) is 14.7. The van der Waals surface area contributed by atoms with E-state index in [1.165, 1.54) is 5.56 Å². The molecule has 4 heteroatoms. The lowest BCUT2D eigenvalue weighted by molar-refractivity contribution is -0.106. The Balaban J connectivity index is 2.00. The molecule has 0 bridgehead atoms. The van der Waals surface area contributed by atoms with E-state index in [1.54, 1.807) is 6.07 Å². The minimum Gasteiger partial charge on any atom is -0.478 e. The summed E-state index contributed by atoms with van der Waals surface area (Å²) in [5, 5.41) is 9.58. The Morgan fingerprint density at radius 1 is 1.33 bits per heavy atom. The summed E-state index contributed by atoms with van der Waals surface area (Å²) >= 11 is 0. The highest BCUT2D eigenvalue weighted by atomic mass is 16.5. The highest BCUT2D eigenvalue weighted by Gasteiger charge is 2.38. The molecule has 1 N–H and O–H groups in total. The second-order valence-electron chi connectivity index (χ2n) is 7.34. The van der Waals surface area contributed by atoms with Crippen LogP contribution in [0.25, 0.3) is 0 Å². The van der Waals surface area contributed by atoms with E-state index in [-0.39, 0.29) is 12.0 Å². The number of hydrogen-bond donors (Lipinski definition) is 1. The number of fused-ring (bicyclic) bond motifs is 1. The summed E-state index contributed by atoms with van der Waals surface area (Å²) in [4.78, 5) is 11.7. The van der Waals surface area contributed by atoms with Gasteiger partial charge in [-0.1, -0.05) is 44.2 Å². The van der Waals surface area contributed by atoms with Crippen LogP contribution in [-0.2, 0) is 23.3 Å². The van der Waals surface area contributed by atoms with Crippen molar-refractivity contribution in [2.45, 2.75) is 58.3 Å². The first kappa shape index (κ1) is 16.8. The third-order valence-corrected chi connectivity index (χ3v) is 4.69. The molecular formula is C20H25NO3. The van der Waals surface area contributed by atoms with Gasteiger partial charge in [0.2, 0.25) is 0 Å². The van der Waals surface area contributed by atoms with Crippen molar-refractivity contribution in [1.29, 1.82) is 0 Å². The molecule has 1 atom stereocenters. The van der Waals surface area contributed by atoms with Crippen molar-refractivity contribution in [1.82, 2.24) is 4.57 Å². The number of carbonyl (C=O) groups is 1. The van der Waals surface area contributed by atoms with Crippen molar-refractivity contribution >= 4 is 5.97 Å². The molecule has 1 aliphatic rings. The Labute approximate surface area is 143 Å². The number of carboxylic acid groups (broad SMARTS) is 1. The van der Waals surface area contributed by atoms with E-state index < -0.39 is 11.6 Å². The maximum atomic E-state index is 11.7. The monoisotopic (exact) mass is 327 g/mol. The third kappa shape index (κ3) is 2.98. The van der Waals surface area contributed by atoms with Crippen LogP contribution in [0.2, 0.25) is 0 Å². The van der Waals surface area contributed by atoms with Crippen LogP contribution in [0.1, 0.15) is 60.9 Å². The summed E-state index contributed by atoms with van der Waals surface area (Å²) in [6, 6.07) is 12.1. The molecule has 0 saturated heterocycles. The average molecular weight is 327 g/mol. The van der Waals surface area contributed by atoms with Gasteiger partial charge in [0, 0.05) is 18.7 Å². The molecule has 0 aliphatic carbocycles. The Morgan fingerprint density at radius 2 is 2.00 bits per heavy atom. The molecule has 2 heterocycles. The highest BCUT2D eigenvalue weighted by molar-refractivity contribution is 5.89. The smallest absolute Gasteiger partial charge is 0.337 e. The Bertz CT molecular complexity index is 744. The minimum atomic E-state index is -0.865. The van der Waals surface area contributed by atoms with Gasteiger partial charge in [0.05, 0.1) is 17.4 Å². The van der Waals surface area contributed by atoms with Crippen LogP contribution < -0.4 is 0 Å². The Morgan fingerprint density at radius 3 is 2.58 bits per heavy atom. The van der Waals surface area contributed by atoms with E-state index in [4.69, 9.17) is 4.74 Å². The number of ether oxygens (including phenoxy) is 1. The SMILES string of the molecule is CC(C)c1c(C(=O)O)cc2n1CC(Cc1ccccc1)OC2(C)C.